The number of nitrogen functional groups attached to an aromatic ring is 1. The smallest absolute Gasteiger partial charge is 0.176 e. The first-order valence-electron chi connectivity index (χ1n) is 5.84. The molecule has 9 heteroatoms. The normalized spacial score (nSPS) is 12.5. The van der Waals surface area contributed by atoms with Crippen LogP contribution in [0.2, 0.25) is 0 Å². The van der Waals surface area contributed by atoms with Gasteiger partial charge in [0.25, 0.3) is 0 Å². The highest BCUT2D eigenvalue weighted by Gasteiger charge is 2.21. The third-order valence-corrected chi connectivity index (χ3v) is 5.38. The number of sulfone groups is 2. The first kappa shape index (κ1) is 15.5. The molecule has 21 heavy (non-hydrogen) atoms. The van der Waals surface area contributed by atoms with E-state index < -0.39 is 19.7 Å². The number of anilines is 1. The Morgan fingerprint density at radius 3 is 2.00 bits per heavy atom. The Bertz CT molecular complexity index is 892. The van der Waals surface area contributed by atoms with Gasteiger partial charge in [0, 0.05) is 31.2 Å². The monoisotopic (exact) mass is 329 g/mol. The summed E-state index contributed by atoms with van der Waals surface area (Å²) in [5.41, 5.74) is 6.64. The molecule has 0 radical (unpaired) electrons. The van der Waals surface area contributed by atoms with Gasteiger partial charge in [0.1, 0.15) is 5.82 Å². The number of nitrogens with two attached hydrogens (primary N) is 1. The van der Waals surface area contributed by atoms with E-state index in [1.54, 1.807) is 13.1 Å². The standard InChI is InChI=1S/C12H15N3O4S2/c1-15-12(13)7-9(14-15)8-4-5-10(20(2,16)17)11(6-8)21(3,18)19/h4-7H,13H2,1-3H3. The van der Waals surface area contributed by atoms with E-state index in [0.717, 1.165) is 12.5 Å². The molecule has 114 valence electrons. The number of benzene rings is 1. The highest BCUT2D eigenvalue weighted by atomic mass is 32.2. The fourth-order valence-electron chi connectivity index (χ4n) is 1.89. The summed E-state index contributed by atoms with van der Waals surface area (Å²) < 4.78 is 48.5. The van der Waals surface area contributed by atoms with E-state index in [1.807, 2.05) is 0 Å². The minimum atomic E-state index is -3.70. The number of rotatable bonds is 3. The summed E-state index contributed by atoms with van der Waals surface area (Å²) in [6.45, 7) is 0. The Hall–Kier alpha value is -1.87. The second-order valence-corrected chi connectivity index (χ2v) is 8.75. The minimum absolute atomic E-state index is 0.224. The molecule has 0 saturated carbocycles. The van der Waals surface area contributed by atoms with Crippen LogP contribution in [0, 0.1) is 0 Å². The van der Waals surface area contributed by atoms with Crippen molar-refractivity contribution >= 4 is 25.5 Å². The van der Waals surface area contributed by atoms with Crippen LogP contribution in [0.25, 0.3) is 11.3 Å². The van der Waals surface area contributed by atoms with Crippen molar-refractivity contribution in [2.24, 2.45) is 7.05 Å². The lowest BCUT2D eigenvalue weighted by molar-refractivity contribution is 0.589. The first-order valence-corrected chi connectivity index (χ1v) is 9.62. The summed E-state index contributed by atoms with van der Waals surface area (Å²) in [5.74, 6) is 0.415. The lowest BCUT2D eigenvalue weighted by atomic mass is 10.1. The molecule has 0 unspecified atom stereocenters. The molecule has 0 aliphatic rings. The number of hydrogen-bond donors (Lipinski definition) is 1. The molecule has 2 aromatic rings. The van der Waals surface area contributed by atoms with Gasteiger partial charge in [-0.05, 0) is 12.1 Å². The van der Waals surface area contributed by atoms with Gasteiger partial charge in [0.15, 0.2) is 19.7 Å². The van der Waals surface area contributed by atoms with E-state index >= 15 is 0 Å². The molecule has 0 fully saturated rings. The molecule has 1 aromatic carbocycles. The topological polar surface area (TPSA) is 112 Å². The molecule has 0 atom stereocenters. The number of nitrogens with zero attached hydrogens (tertiary/aromatic N) is 2. The Morgan fingerprint density at radius 1 is 1.00 bits per heavy atom. The maximum absolute atomic E-state index is 11.8. The van der Waals surface area contributed by atoms with Crippen molar-refractivity contribution in [1.29, 1.82) is 0 Å². The first-order chi connectivity index (χ1) is 9.50. The van der Waals surface area contributed by atoms with Crippen molar-refractivity contribution in [3.8, 4) is 11.3 Å². The summed E-state index contributed by atoms with van der Waals surface area (Å²) >= 11 is 0. The van der Waals surface area contributed by atoms with Crippen molar-refractivity contribution in [2.75, 3.05) is 18.2 Å². The zero-order valence-electron chi connectivity index (χ0n) is 11.7. The van der Waals surface area contributed by atoms with E-state index in [1.165, 1.54) is 22.9 Å². The Balaban J connectivity index is 2.74. The Kier molecular flexibility index (Phi) is 3.58. The van der Waals surface area contributed by atoms with Crippen LogP contribution in [0.5, 0.6) is 0 Å². The third kappa shape index (κ3) is 3.08. The lowest BCUT2D eigenvalue weighted by Crippen LogP contribution is -2.07. The van der Waals surface area contributed by atoms with E-state index in [9.17, 15) is 16.8 Å². The summed E-state index contributed by atoms with van der Waals surface area (Å²) in [4.78, 5) is -0.468. The molecular formula is C12H15N3O4S2. The fraction of sp³-hybridized carbons (Fsp3) is 0.250. The van der Waals surface area contributed by atoms with Crippen LogP contribution in [0.4, 0.5) is 5.82 Å². The maximum Gasteiger partial charge on any atom is 0.176 e. The van der Waals surface area contributed by atoms with E-state index in [2.05, 4.69) is 5.10 Å². The summed E-state index contributed by atoms with van der Waals surface area (Å²) in [6.07, 6.45) is 1.93. The fourth-order valence-corrected chi connectivity index (χ4v) is 4.31. The zero-order valence-corrected chi connectivity index (χ0v) is 13.4. The average Bonchev–Trinajstić information content (AvgIpc) is 2.67. The summed E-state index contributed by atoms with van der Waals surface area (Å²) in [6, 6.07) is 5.66. The van der Waals surface area contributed by atoms with Gasteiger partial charge in [-0.1, -0.05) is 6.07 Å². The molecule has 2 N–H and O–H groups in total. The van der Waals surface area contributed by atoms with Crippen LogP contribution >= 0.6 is 0 Å². The minimum Gasteiger partial charge on any atom is -0.384 e. The quantitative estimate of drug-likeness (QED) is 0.876. The Morgan fingerprint density at radius 2 is 1.57 bits per heavy atom. The lowest BCUT2D eigenvalue weighted by Gasteiger charge is -2.08. The maximum atomic E-state index is 11.8. The number of aromatic nitrogens is 2. The summed E-state index contributed by atoms with van der Waals surface area (Å²) in [5, 5.41) is 4.14. The number of hydrogen-bond acceptors (Lipinski definition) is 6. The van der Waals surface area contributed by atoms with Crippen LogP contribution in [0.1, 0.15) is 0 Å². The Labute approximate surface area is 123 Å². The molecule has 0 saturated heterocycles. The van der Waals surface area contributed by atoms with Gasteiger partial charge < -0.3 is 5.73 Å². The SMILES string of the molecule is Cn1nc(-c2ccc(S(C)(=O)=O)c(S(C)(=O)=O)c2)cc1N. The highest BCUT2D eigenvalue weighted by molar-refractivity contribution is 7.93. The molecule has 0 bridgehead atoms. The molecule has 7 nitrogen and oxygen atoms in total. The van der Waals surface area contributed by atoms with Crippen LogP contribution < -0.4 is 5.73 Å². The van der Waals surface area contributed by atoms with Crippen LogP contribution in [0.3, 0.4) is 0 Å². The molecule has 2 rings (SSSR count). The van der Waals surface area contributed by atoms with Crippen LogP contribution in [0.15, 0.2) is 34.1 Å². The zero-order chi connectivity index (χ0) is 16.0. The van der Waals surface area contributed by atoms with Crippen molar-refractivity contribution in [3.05, 3.63) is 24.3 Å². The van der Waals surface area contributed by atoms with Gasteiger partial charge >= 0.3 is 0 Å². The van der Waals surface area contributed by atoms with Crippen LogP contribution in [-0.2, 0) is 26.7 Å². The largest absolute Gasteiger partial charge is 0.384 e. The van der Waals surface area contributed by atoms with E-state index in [4.69, 9.17) is 5.73 Å². The van der Waals surface area contributed by atoms with Crippen molar-refractivity contribution in [2.45, 2.75) is 9.79 Å². The van der Waals surface area contributed by atoms with Crippen molar-refractivity contribution in [1.82, 2.24) is 9.78 Å². The molecule has 0 spiro atoms. The van der Waals surface area contributed by atoms with Crippen LogP contribution in [-0.4, -0.2) is 39.1 Å². The molecule has 0 aliphatic heterocycles. The van der Waals surface area contributed by atoms with Gasteiger partial charge in [-0.25, -0.2) is 16.8 Å². The van der Waals surface area contributed by atoms with Gasteiger partial charge in [-0.15, -0.1) is 0 Å². The summed E-state index contributed by atoms with van der Waals surface area (Å²) in [7, 11) is -5.69. The average molecular weight is 329 g/mol. The van der Waals surface area contributed by atoms with Gasteiger partial charge in [0.05, 0.1) is 15.5 Å². The van der Waals surface area contributed by atoms with Gasteiger partial charge in [0.2, 0.25) is 0 Å². The predicted molar refractivity (Wildman–Crippen MR) is 79.3 cm³/mol. The number of aryl methyl sites for hydroxylation is 1. The highest BCUT2D eigenvalue weighted by Crippen LogP contribution is 2.28. The van der Waals surface area contributed by atoms with E-state index in [0.29, 0.717) is 17.1 Å². The van der Waals surface area contributed by atoms with Crippen molar-refractivity contribution in [3.63, 3.8) is 0 Å². The molecule has 0 amide bonds. The van der Waals surface area contributed by atoms with E-state index in [-0.39, 0.29) is 9.79 Å². The predicted octanol–water partition coefficient (Wildman–Crippen LogP) is 0.476. The van der Waals surface area contributed by atoms with Crippen molar-refractivity contribution < 1.29 is 16.8 Å². The molecule has 1 aromatic heterocycles. The molecule has 1 heterocycles. The third-order valence-electron chi connectivity index (χ3n) is 2.95. The van der Waals surface area contributed by atoms with Gasteiger partial charge in [-0.3, -0.25) is 4.68 Å². The van der Waals surface area contributed by atoms with Gasteiger partial charge in [-0.2, -0.15) is 5.10 Å². The second-order valence-electron chi connectivity index (χ2n) is 4.78. The molecular weight excluding hydrogens is 314 g/mol. The second kappa shape index (κ2) is 4.85. The molecule has 0 aliphatic carbocycles.